The van der Waals surface area contributed by atoms with Crippen molar-refractivity contribution in [3.63, 3.8) is 0 Å². The average Bonchev–Trinajstić information content (AvgIpc) is 2.33. The van der Waals surface area contributed by atoms with Gasteiger partial charge in [-0.05, 0) is 52.9 Å². The molecule has 2 aromatic rings. The Morgan fingerprint density at radius 2 is 1.88 bits per heavy atom. The van der Waals surface area contributed by atoms with Gasteiger partial charge in [0.2, 0.25) is 0 Å². The lowest BCUT2D eigenvalue weighted by molar-refractivity contribution is 1.46. The Labute approximate surface area is 113 Å². The highest BCUT2D eigenvalue weighted by molar-refractivity contribution is 14.1. The number of nitrogen functional groups attached to an aromatic ring is 1. The van der Waals surface area contributed by atoms with E-state index in [4.69, 9.17) is 11.0 Å². The number of halogens is 1. The first kappa shape index (κ1) is 11.7. The zero-order valence-electron chi connectivity index (χ0n) is 8.94. The molecular formula is C13H10IN3. The third-order valence-corrected chi connectivity index (χ3v) is 3.00. The van der Waals surface area contributed by atoms with Gasteiger partial charge >= 0.3 is 0 Å². The van der Waals surface area contributed by atoms with Gasteiger partial charge in [-0.3, -0.25) is 0 Å². The van der Waals surface area contributed by atoms with Crippen molar-refractivity contribution >= 4 is 39.7 Å². The minimum atomic E-state index is 0.602. The molecular weight excluding hydrogens is 325 g/mol. The fraction of sp³-hybridized carbons (Fsp3) is 0. The number of rotatable bonds is 2. The lowest BCUT2D eigenvalue weighted by Gasteiger charge is -2.10. The van der Waals surface area contributed by atoms with Gasteiger partial charge in [-0.25, -0.2) is 0 Å². The standard InChI is InChI=1S/C13H10IN3/c14-10-5-6-13(11(16)7-10)17-12-4-2-1-3-9(12)8-15/h1-7,17H,16H2. The van der Waals surface area contributed by atoms with Crippen LogP contribution in [-0.4, -0.2) is 0 Å². The van der Waals surface area contributed by atoms with Crippen molar-refractivity contribution in [2.75, 3.05) is 11.1 Å². The summed E-state index contributed by atoms with van der Waals surface area (Å²) in [7, 11) is 0. The van der Waals surface area contributed by atoms with E-state index in [0.29, 0.717) is 11.3 Å². The predicted molar refractivity (Wildman–Crippen MR) is 78.0 cm³/mol. The second kappa shape index (κ2) is 5.06. The number of hydrogen-bond donors (Lipinski definition) is 2. The highest BCUT2D eigenvalue weighted by Crippen LogP contribution is 2.26. The first-order valence-electron chi connectivity index (χ1n) is 5.02. The maximum atomic E-state index is 8.99. The molecule has 0 amide bonds. The molecule has 0 aromatic heterocycles. The molecule has 0 aliphatic heterocycles. The quantitative estimate of drug-likeness (QED) is 0.652. The molecule has 3 nitrogen and oxygen atoms in total. The van der Waals surface area contributed by atoms with Crippen LogP contribution in [0.25, 0.3) is 0 Å². The molecule has 0 aliphatic rings. The zero-order chi connectivity index (χ0) is 12.3. The summed E-state index contributed by atoms with van der Waals surface area (Å²) in [6, 6.07) is 15.2. The third-order valence-electron chi connectivity index (χ3n) is 2.33. The monoisotopic (exact) mass is 335 g/mol. The summed E-state index contributed by atoms with van der Waals surface area (Å²) in [5.41, 5.74) is 8.76. The molecule has 2 aromatic carbocycles. The molecule has 0 atom stereocenters. The average molecular weight is 335 g/mol. The number of benzene rings is 2. The number of nitrogens with one attached hydrogen (secondary N) is 1. The molecule has 0 heterocycles. The molecule has 17 heavy (non-hydrogen) atoms. The third kappa shape index (κ3) is 2.68. The molecule has 0 saturated heterocycles. The normalized spacial score (nSPS) is 9.65. The fourth-order valence-corrected chi connectivity index (χ4v) is 2.00. The van der Waals surface area contributed by atoms with Crippen molar-refractivity contribution in [2.24, 2.45) is 0 Å². The van der Waals surface area contributed by atoms with Crippen LogP contribution in [0.1, 0.15) is 5.56 Å². The zero-order valence-corrected chi connectivity index (χ0v) is 11.1. The summed E-state index contributed by atoms with van der Waals surface area (Å²) >= 11 is 2.21. The van der Waals surface area contributed by atoms with Gasteiger partial charge in [-0.15, -0.1) is 0 Å². The van der Waals surface area contributed by atoms with Crippen molar-refractivity contribution in [2.45, 2.75) is 0 Å². The molecule has 0 radical (unpaired) electrons. The van der Waals surface area contributed by atoms with Gasteiger partial charge in [-0.2, -0.15) is 5.26 Å². The minimum absolute atomic E-state index is 0.602. The Morgan fingerprint density at radius 3 is 2.59 bits per heavy atom. The molecule has 3 N–H and O–H groups in total. The van der Waals surface area contributed by atoms with E-state index in [1.54, 1.807) is 6.07 Å². The Morgan fingerprint density at radius 1 is 1.12 bits per heavy atom. The topological polar surface area (TPSA) is 61.8 Å². The van der Waals surface area contributed by atoms with Gasteiger partial charge in [0.05, 0.1) is 22.6 Å². The summed E-state index contributed by atoms with van der Waals surface area (Å²) in [5.74, 6) is 0. The smallest absolute Gasteiger partial charge is 0.101 e. The van der Waals surface area contributed by atoms with Gasteiger partial charge in [0.15, 0.2) is 0 Å². The molecule has 0 bridgehead atoms. The maximum Gasteiger partial charge on any atom is 0.101 e. The van der Waals surface area contributed by atoms with E-state index in [0.717, 1.165) is 14.9 Å². The van der Waals surface area contributed by atoms with Crippen LogP contribution in [0.2, 0.25) is 0 Å². The summed E-state index contributed by atoms with van der Waals surface area (Å²) < 4.78 is 1.08. The van der Waals surface area contributed by atoms with Crippen LogP contribution >= 0.6 is 22.6 Å². The lowest BCUT2D eigenvalue weighted by atomic mass is 10.2. The van der Waals surface area contributed by atoms with E-state index >= 15 is 0 Å². The molecule has 0 aliphatic carbocycles. The van der Waals surface area contributed by atoms with E-state index in [1.165, 1.54) is 0 Å². The van der Waals surface area contributed by atoms with Crippen molar-refractivity contribution < 1.29 is 0 Å². The summed E-state index contributed by atoms with van der Waals surface area (Å²) in [6.45, 7) is 0. The number of anilines is 3. The van der Waals surface area contributed by atoms with Crippen LogP contribution in [0.15, 0.2) is 42.5 Å². The molecule has 84 valence electrons. The molecule has 0 spiro atoms. The lowest BCUT2D eigenvalue weighted by Crippen LogP contribution is -1.98. The number of nitrogens with two attached hydrogens (primary N) is 1. The van der Waals surface area contributed by atoms with Crippen LogP contribution in [0.4, 0.5) is 17.1 Å². The van der Waals surface area contributed by atoms with Gasteiger partial charge in [0.1, 0.15) is 6.07 Å². The Hall–Kier alpha value is -1.74. The van der Waals surface area contributed by atoms with E-state index in [2.05, 4.69) is 34.0 Å². The summed E-state index contributed by atoms with van der Waals surface area (Å²) in [6.07, 6.45) is 0. The summed E-state index contributed by atoms with van der Waals surface area (Å²) in [5, 5.41) is 12.2. The minimum Gasteiger partial charge on any atom is -0.397 e. The van der Waals surface area contributed by atoms with E-state index < -0.39 is 0 Å². The van der Waals surface area contributed by atoms with Gasteiger partial charge < -0.3 is 11.1 Å². The second-order valence-electron chi connectivity index (χ2n) is 3.51. The Kier molecular flexibility index (Phi) is 3.49. The molecule has 0 saturated carbocycles. The molecule has 0 unspecified atom stereocenters. The van der Waals surface area contributed by atoms with Crippen molar-refractivity contribution in [3.8, 4) is 6.07 Å². The molecule has 2 rings (SSSR count). The SMILES string of the molecule is N#Cc1ccccc1Nc1ccc(I)cc1N. The number of nitriles is 1. The van der Waals surface area contributed by atoms with E-state index in [1.807, 2.05) is 36.4 Å². The van der Waals surface area contributed by atoms with E-state index in [-0.39, 0.29) is 0 Å². The van der Waals surface area contributed by atoms with E-state index in [9.17, 15) is 0 Å². The predicted octanol–water partition coefficient (Wildman–Crippen LogP) is 3.49. The van der Waals surface area contributed by atoms with Gasteiger partial charge in [-0.1, -0.05) is 12.1 Å². The molecule has 4 heteroatoms. The number of para-hydroxylation sites is 1. The first-order chi connectivity index (χ1) is 8.20. The van der Waals surface area contributed by atoms with Crippen molar-refractivity contribution in [1.82, 2.24) is 0 Å². The summed E-state index contributed by atoms with van der Waals surface area (Å²) in [4.78, 5) is 0. The van der Waals surface area contributed by atoms with Gasteiger partial charge in [0, 0.05) is 3.57 Å². The Bertz CT molecular complexity index is 587. The maximum absolute atomic E-state index is 8.99. The van der Waals surface area contributed by atoms with Crippen LogP contribution in [0.5, 0.6) is 0 Å². The first-order valence-corrected chi connectivity index (χ1v) is 6.10. The fourth-order valence-electron chi connectivity index (χ4n) is 1.48. The van der Waals surface area contributed by atoms with Crippen LogP contribution < -0.4 is 11.1 Å². The number of hydrogen-bond acceptors (Lipinski definition) is 3. The Balaban J connectivity index is 2.35. The highest BCUT2D eigenvalue weighted by atomic mass is 127. The number of nitrogens with zero attached hydrogens (tertiary/aromatic N) is 1. The van der Waals surface area contributed by atoms with Crippen molar-refractivity contribution in [3.05, 3.63) is 51.6 Å². The highest BCUT2D eigenvalue weighted by Gasteiger charge is 2.03. The second-order valence-corrected chi connectivity index (χ2v) is 4.76. The van der Waals surface area contributed by atoms with Crippen LogP contribution in [0.3, 0.4) is 0 Å². The van der Waals surface area contributed by atoms with Crippen LogP contribution in [-0.2, 0) is 0 Å². The molecule has 0 fully saturated rings. The van der Waals surface area contributed by atoms with Gasteiger partial charge in [0.25, 0.3) is 0 Å². The van der Waals surface area contributed by atoms with Crippen LogP contribution in [0, 0.1) is 14.9 Å². The van der Waals surface area contributed by atoms with Crippen molar-refractivity contribution in [1.29, 1.82) is 5.26 Å². The largest absolute Gasteiger partial charge is 0.397 e.